The molecule has 2 rings (SSSR count). The molecule has 0 saturated heterocycles. The van der Waals surface area contributed by atoms with Gasteiger partial charge in [-0.2, -0.15) is 0 Å². The van der Waals surface area contributed by atoms with Crippen molar-refractivity contribution in [2.45, 2.75) is 38.6 Å². The third kappa shape index (κ3) is 2.49. The van der Waals surface area contributed by atoms with Crippen molar-refractivity contribution >= 4 is 15.9 Å². The molecule has 2 heteroatoms. The fraction of sp³-hybridized carbons (Fsp3) is 0.571. The predicted molar refractivity (Wildman–Crippen MR) is 72.6 cm³/mol. The minimum Gasteiger partial charge on any atom is -0.313 e. The van der Waals surface area contributed by atoms with Gasteiger partial charge in [-0.05, 0) is 37.4 Å². The van der Waals surface area contributed by atoms with Crippen LogP contribution in [0.2, 0.25) is 0 Å². The lowest BCUT2D eigenvalue weighted by atomic mass is 9.79. The van der Waals surface area contributed by atoms with Gasteiger partial charge in [0.1, 0.15) is 0 Å². The van der Waals surface area contributed by atoms with Crippen LogP contribution >= 0.6 is 15.9 Å². The van der Waals surface area contributed by atoms with Crippen LogP contribution in [-0.2, 0) is 0 Å². The van der Waals surface area contributed by atoms with Crippen LogP contribution in [0.4, 0.5) is 0 Å². The summed E-state index contributed by atoms with van der Waals surface area (Å²) < 4.78 is 1.27. The van der Waals surface area contributed by atoms with E-state index in [1.54, 1.807) is 0 Å². The highest BCUT2D eigenvalue weighted by Gasteiger charge is 2.23. The third-order valence-electron chi connectivity index (χ3n) is 3.74. The zero-order valence-corrected chi connectivity index (χ0v) is 11.7. The van der Waals surface area contributed by atoms with Gasteiger partial charge in [0.2, 0.25) is 0 Å². The minimum absolute atomic E-state index is 0.500. The van der Waals surface area contributed by atoms with Crippen LogP contribution in [0.5, 0.6) is 0 Å². The molecule has 1 aromatic rings. The fourth-order valence-corrected chi connectivity index (χ4v) is 2.94. The number of benzene rings is 1. The number of halogens is 1. The quantitative estimate of drug-likeness (QED) is 0.872. The lowest BCUT2D eigenvalue weighted by molar-refractivity contribution is 0.265. The van der Waals surface area contributed by atoms with Crippen molar-refractivity contribution in [1.82, 2.24) is 5.32 Å². The van der Waals surface area contributed by atoms with Gasteiger partial charge in [0.25, 0.3) is 0 Å². The van der Waals surface area contributed by atoms with E-state index >= 15 is 0 Å². The van der Waals surface area contributed by atoms with E-state index in [1.807, 2.05) is 0 Å². The van der Waals surface area contributed by atoms with E-state index in [-0.39, 0.29) is 0 Å². The fourth-order valence-electron chi connectivity index (χ4n) is 2.40. The lowest BCUT2D eigenvalue weighted by Gasteiger charge is -2.30. The van der Waals surface area contributed by atoms with Gasteiger partial charge in [-0.1, -0.05) is 53.4 Å². The topological polar surface area (TPSA) is 12.0 Å². The molecule has 1 fully saturated rings. The second kappa shape index (κ2) is 5.33. The van der Waals surface area contributed by atoms with Crippen LogP contribution in [0.15, 0.2) is 22.7 Å². The molecule has 0 spiro atoms. The standard InChI is InChI=1S/C14H20BrN/c1-10-5-3-8-12(14(10)15)13(16-2)9-11-6-4-7-11/h3,5,8,11,13,16H,4,6-7,9H2,1-2H3. The zero-order chi connectivity index (χ0) is 11.5. The van der Waals surface area contributed by atoms with Gasteiger partial charge in [-0.15, -0.1) is 0 Å². The molecule has 16 heavy (non-hydrogen) atoms. The minimum atomic E-state index is 0.500. The first-order chi connectivity index (χ1) is 7.72. The molecule has 1 nitrogen and oxygen atoms in total. The van der Waals surface area contributed by atoms with Crippen molar-refractivity contribution in [2.75, 3.05) is 7.05 Å². The van der Waals surface area contributed by atoms with Crippen LogP contribution in [-0.4, -0.2) is 7.05 Å². The van der Waals surface area contributed by atoms with E-state index in [9.17, 15) is 0 Å². The van der Waals surface area contributed by atoms with Crippen molar-refractivity contribution in [3.8, 4) is 0 Å². The second-order valence-corrected chi connectivity index (χ2v) is 5.65. The van der Waals surface area contributed by atoms with Crippen LogP contribution in [0.3, 0.4) is 0 Å². The average Bonchev–Trinajstić information content (AvgIpc) is 2.22. The average molecular weight is 282 g/mol. The summed E-state index contributed by atoms with van der Waals surface area (Å²) in [5.41, 5.74) is 2.74. The summed E-state index contributed by atoms with van der Waals surface area (Å²) in [4.78, 5) is 0. The number of rotatable bonds is 4. The largest absolute Gasteiger partial charge is 0.313 e. The number of aryl methyl sites for hydroxylation is 1. The van der Waals surface area contributed by atoms with E-state index in [0.717, 1.165) is 5.92 Å². The Morgan fingerprint density at radius 2 is 2.19 bits per heavy atom. The Kier molecular flexibility index (Phi) is 4.04. The zero-order valence-electron chi connectivity index (χ0n) is 10.1. The van der Waals surface area contributed by atoms with Crippen LogP contribution in [0.1, 0.15) is 42.9 Å². The number of hydrogen-bond acceptors (Lipinski definition) is 1. The maximum Gasteiger partial charge on any atom is 0.0331 e. The molecule has 1 unspecified atom stereocenters. The summed E-state index contributed by atoms with van der Waals surface area (Å²) in [5.74, 6) is 0.935. The SMILES string of the molecule is CNC(CC1CCC1)c1cccc(C)c1Br. The summed E-state index contributed by atoms with van der Waals surface area (Å²) in [5, 5.41) is 3.46. The Morgan fingerprint density at radius 3 is 2.75 bits per heavy atom. The molecule has 0 amide bonds. The van der Waals surface area contributed by atoms with E-state index in [4.69, 9.17) is 0 Å². The summed E-state index contributed by atoms with van der Waals surface area (Å²) in [6.45, 7) is 2.16. The third-order valence-corrected chi connectivity index (χ3v) is 4.82. The Balaban J connectivity index is 2.15. The van der Waals surface area contributed by atoms with E-state index in [0.29, 0.717) is 6.04 Å². The van der Waals surface area contributed by atoms with Crippen molar-refractivity contribution in [3.63, 3.8) is 0 Å². The van der Waals surface area contributed by atoms with Crippen LogP contribution in [0, 0.1) is 12.8 Å². The first-order valence-corrected chi connectivity index (χ1v) is 6.94. The Morgan fingerprint density at radius 1 is 1.44 bits per heavy atom. The van der Waals surface area contributed by atoms with Crippen LogP contribution in [0.25, 0.3) is 0 Å². The van der Waals surface area contributed by atoms with E-state index in [2.05, 4.69) is 53.4 Å². The molecule has 0 aliphatic heterocycles. The van der Waals surface area contributed by atoms with Gasteiger partial charge < -0.3 is 5.32 Å². The summed E-state index contributed by atoms with van der Waals surface area (Å²) >= 11 is 3.71. The molecule has 1 saturated carbocycles. The predicted octanol–water partition coefficient (Wildman–Crippen LogP) is 4.21. The molecule has 0 radical (unpaired) electrons. The summed E-state index contributed by atoms with van der Waals surface area (Å²) in [6, 6.07) is 7.04. The normalized spacial score (nSPS) is 18.2. The Labute approximate surface area is 107 Å². The molecule has 1 aromatic carbocycles. The summed E-state index contributed by atoms with van der Waals surface area (Å²) in [7, 11) is 2.07. The van der Waals surface area contributed by atoms with Crippen molar-refractivity contribution in [1.29, 1.82) is 0 Å². The van der Waals surface area contributed by atoms with Gasteiger partial charge in [0.05, 0.1) is 0 Å². The number of hydrogen-bond donors (Lipinski definition) is 1. The molecule has 1 atom stereocenters. The smallest absolute Gasteiger partial charge is 0.0331 e. The van der Waals surface area contributed by atoms with Crippen molar-refractivity contribution < 1.29 is 0 Å². The highest BCUT2D eigenvalue weighted by Crippen LogP contribution is 2.37. The Hall–Kier alpha value is -0.340. The monoisotopic (exact) mass is 281 g/mol. The molecular weight excluding hydrogens is 262 g/mol. The highest BCUT2D eigenvalue weighted by atomic mass is 79.9. The number of nitrogens with one attached hydrogen (secondary N) is 1. The Bertz CT molecular complexity index is 358. The maximum atomic E-state index is 3.71. The summed E-state index contributed by atoms with van der Waals surface area (Å²) in [6.07, 6.45) is 5.54. The highest BCUT2D eigenvalue weighted by molar-refractivity contribution is 9.10. The molecule has 0 aromatic heterocycles. The molecule has 88 valence electrons. The lowest BCUT2D eigenvalue weighted by Crippen LogP contribution is -2.23. The molecule has 1 aliphatic carbocycles. The van der Waals surface area contributed by atoms with Gasteiger partial charge in [-0.25, -0.2) is 0 Å². The molecule has 0 heterocycles. The first-order valence-electron chi connectivity index (χ1n) is 6.14. The van der Waals surface area contributed by atoms with E-state index < -0.39 is 0 Å². The molecule has 1 N–H and O–H groups in total. The van der Waals surface area contributed by atoms with Crippen molar-refractivity contribution in [2.24, 2.45) is 5.92 Å². The van der Waals surface area contributed by atoms with Gasteiger partial charge in [0, 0.05) is 10.5 Å². The van der Waals surface area contributed by atoms with Gasteiger partial charge in [0.15, 0.2) is 0 Å². The van der Waals surface area contributed by atoms with E-state index in [1.165, 1.54) is 41.3 Å². The van der Waals surface area contributed by atoms with Gasteiger partial charge in [-0.3, -0.25) is 0 Å². The van der Waals surface area contributed by atoms with Gasteiger partial charge >= 0.3 is 0 Å². The molecule has 1 aliphatic rings. The van der Waals surface area contributed by atoms with Crippen LogP contribution < -0.4 is 5.32 Å². The maximum absolute atomic E-state index is 3.71. The molecule has 0 bridgehead atoms. The first kappa shape index (κ1) is 12.1. The molecular formula is C14H20BrN. The van der Waals surface area contributed by atoms with Crippen molar-refractivity contribution in [3.05, 3.63) is 33.8 Å². The second-order valence-electron chi connectivity index (χ2n) is 4.85.